The van der Waals surface area contributed by atoms with Crippen molar-refractivity contribution >= 4 is 21.6 Å². The molecule has 1 atom stereocenters. The summed E-state index contributed by atoms with van der Waals surface area (Å²) in [7, 11) is -2.22. The first-order valence-electron chi connectivity index (χ1n) is 7.96. The van der Waals surface area contributed by atoms with Gasteiger partial charge in [0.05, 0.1) is 10.8 Å². The van der Waals surface area contributed by atoms with Crippen LogP contribution in [-0.2, 0) is 21.2 Å². The topological polar surface area (TPSA) is 84.5 Å². The molecule has 0 aromatic heterocycles. The molecule has 2 aromatic carbocycles. The number of ether oxygens (including phenoxy) is 1. The van der Waals surface area contributed by atoms with Gasteiger partial charge in [-0.15, -0.1) is 0 Å². The maximum Gasteiger partial charge on any atom is 0.240 e. The Morgan fingerprint density at radius 1 is 1.20 bits per heavy atom. The Labute approximate surface area is 147 Å². The second kappa shape index (κ2) is 6.85. The number of fused-ring (bicyclic) bond motifs is 1. The third-order valence-electron chi connectivity index (χ3n) is 4.26. The zero-order valence-corrected chi connectivity index (χ0v) is 14.9. The largest absolute Gasteiger partial charge is 0.492 e. The summed E-state index contributed by atoms with van der Waals surface area (Å²) in [6.45, 7) is 2.01. The van der Waals surface area contributed by atoms with Gasteiger partial charge in [-0.25, -0.2) is 13.1 Å². The Morgan fingerprint density at radius 3 is 2.72 bits per heavy atom. The maximum atomic E-state index is 12.5. The van der Waals surface area contributed by atoms with Crippen LogP contribution in [0.25, 0.3) is 0 Å². The number of carbonyl (C=O) groups excluding carboxylic acids is 1. The van der Waals surface area contributed by atoms with Crippen LogP contribution in [0.5, 0.6) is 5.75 Å². The molecule has 0 saturated heterocycles. The van der Waals surface area contributed by atoms with Crippen molar-refractivity contribution in [2.45, 2.75) is 18.2 Å². The Bertz CT molecular complexity index is 909. The summed E-state index contributed by atoms with van der Waals surface area (Å²) in [5.41, 5.74) is 2.06. The number of aryl methyl sites for hydroxylation is 1. The van der Waals surface area contributed by atoms with Gasteiger partial charge in [-0.3, -0.25) is 4.79 Å². The van der Waals surface area contributed by atoms with Gasteiger partial charge in [0.1, 0.15) is 12.4 Å². The molecule has 1 heterocycles. The number of benzene rings is 2. The zero-order chi connectivity index (χ0) is 18.0. The number of para-hydroxylation sites is 1. The number of rotatable bonds is 4. The lowest BCUT2D eigenvalue weighted by molar-refractivity contribution is -0.121. The maximum absolute atomic E-state index is 12.5. The highest BCUT2D eigenvalue weighted by atomic mass is 32.2. The van der Waals surface area contributed by atoms with Gasteiger partial charge < -0.3 is 10.1 Å². The lowest BCUT2D eigenvalue weighted by Crippen LogP contribution is -2.32. The molecule has 132 valence electrons. The van der Waals surface area contributed by atoms with Gasteiger partial charge in [0.25, 0.3) is 0 Å². The predicted molar refractivity (Wildman–Crippen MR) is 95.2 cm³/mol. The number of carbonyl (C=O) groups is 1. The molecule has 0 radical (unpaired) electrons. The molecule has 0 aliphatic carbocycles. The van der Waals surface area contributed by atoms with E-state index in [0.717, 1.165) is 11.3 Å². The van der Waals surface area contributed by atoms with Gasteiger partial charge in [-0.1, -0.05) is 24.3 Å². The highest BCUT2D eigenvalue weighted by molar-refractivity contribution is 7.89. The Balaban J connectivity index is 1.77. The monoisotopic (exact) mass is 360 g/mol. The lowest BCUT2D eigenvalue weighted by Gasteiger charge is -2.24. The summed E-state index contributed by atoms with van der Waals surface area (Å²) in [5, 5.41) is 2.80. The van der Waals surface area contributed by atoms with E-state index in [4.69, 9.17) is 4.74 Å². The normalized spacial score (nSPS) is 16.6. The molecule has 1 amide bonds. The third kappa shape index (κ3) is 3.67. The first-order valence-corrected chi connectivity index (χ1v) is 9.45. The molecule has 1 aliphatic rings. The highest BCUT2D eigenvalue weighted by Gasteiger charge is 2.26. The van der Waals surface area contributed by atoms with Gasteiger partial charge in [0.2, 0.25) is 15.9 Å². The predicted octanol–water partition coefficient (Wildman–Crippen LogP) is 2.09. The van der Waals surface area contributed by atoms with Crippen LogP contribution < -0.4 is 14.8 Å². The quantitative estimate of drug-likeness (QED) is 0.874. The van der Waals surface area contributed by atoms with Gasteiger partial charge in [-0.2, -0.15) is 0 Å². The van der Waals surface area contributed by atoms with Crippen LogP contribution >= 0.6 is 0 Å². The SMILES string of the molecule is CNS(=O)(=O)c1cc(NC(=O)C2COc3ccccc3C2)ccc1C. The van der Waals surface area contributed by atoms with Crippen LogP contribution in [0.3, 0.4) is 0 Å². The second-order valence-electron chi connectivity index (χ2n) is 6.00. The van der Waals surface area contributed by atoms with Crippen LogP contribution in [-0.4, -0.2) is 28.0 Å². The molecule has 7 heteroatoms. The minimum Gasteiger partial charge on any atom is -0.492 e. The van der Waals surface area contributed by atoms with Gasteiger partial charge >= 0.3 is 0 Å². The minimum atomic E-state index is -3.58. The lowest BCUT2D eigenvalue weighted by atomic mass is 9.96. The van der Waals surface area contributed by atoms with Gasteiger partial charge in [-0.05, 0) is 49.7 Å². The van der Waals surface area contributed by atoms with Crippen LogP contribution in [0.2, 0.25) is 0 Å². The third-order valence-corrected chi connectivity index (χ3v) is 5.82. The van der Waals surface area contributed by atoms with Crippen molar-refractivity contribution in [2.75, 3.05) is 19.0 Å². The Hall–Kier alpha value is -2.38. The highest BCUT2D eigenvalue weighted by Crippen LogP contribution is 2.28. The summed E-state index contributed by atoms with van der Waals surface area (Å²) in [6.07, 6.45) is 0.593. The number of anilines is 1. The number of hydrogen-bond acceptors (Lipinski definition) is 4. The molecule has 2 N–H and O–H groups in total. The number of nitrogens with one attached hydrogen (secondary N) is 2. The van der Waals surface area contributed by atoms with E-state index in [-0.39, 0.29) is 16.7 Å². The van der Waals surface area contributed by atoms with E-state index in [1.54, 1.807) is 19.1 Å². The van der Waals surface area contributed by atoms with Crippen LogP contribution in [0, 0.1) is 12.8 Å². The average Bonchev–Trinajstić information content (AvgIpc) is 2.62. The van der Waals surface area contributed by atoms with Gasteiger partial charge in [0.15, 0.2) is 0 Å². The van der Waals surface area contributed by atoms with E-state index in [1.807, 2.05) is 24.3 Å². The molecule has 0 bridgehead atoms. The molecular formula is C18H20N2O4S. The molecule has 0 saturated carbocycles. The molecule has 0 fully saturated rings. The van der Waals surface area contributed by atoms with E-state index in [2.05, 4.69) is 10.0 Å². The van der Waals surface area contributed by atoms with Crippen molar-refractivity contribution in [1.82, 2.24) is 4.72 Å². The van der Waals surface area contributed by atoms with Crippen molar-refractivity contribution in [2.24, 2.45) is 5.92 Å². The van der Waals surface area contributed by atoms with Crippen LogP contribution in [0.15, 0.2) is 47.4 Å². The fourth-order valence-electron chi connectivity index (χ4n) is 2.82. The molecule has 0 spiro atoms. The van der Waals surface area contributed by atoms with E-state index in [1.165, 1.54) is 13.1 Å². The van der Waals surface area contributed by atoms with E-state index in [0.29, 0.717) is 24.3 Å². The number of sulfonamides is 1. The zero-order valence-electron chi connectivity index (χ0n) is 14.1. The number of hydrogen-bond donors (Lipinski definition) is 2. The fraction of sp³-hybridized carbons (Fsp3) is 0.278. The fourth-order valence-corrected chi connectivity index (χ4v) is 3.81. The molecule has 1 aliphatic heterocycles. The van der Waals surface area contributed by atoms with Crippen molar-refractivity contribution in [1.29, 1.82) is 0 Å². The smallest absolute Gasteiger partial charge is 0.240 e. The van der Waals surface area contributed by atoms with Gasteiger partial charge in [0, 0.05) is 5.69 Å². The standard InChI is InChI=1S/C18H20N2O4S/c1-12-7-8-15(10-17(12)25(22,23)19-2)20-18(21)14-9-13-5-3-4-6-16(13)24-11-14/h3-8,10,14,19H,9,11H2,1-2H3,(H,20,21). The van der Waals surface area contributed by atoms with E-state index >= 15 is 0 Å². The number of amides is 1. The van der Waals surface area contributed by atoms with Crippen molar-refractivity contribution in [3.05, 3.63) is 53.6 Å². The van der Waals surface area contributed by atoms with E-state index < -0.39 is 10.0 Å². The molecule has 2 aromatic rings. The molecule has 25 heavy (non-hydrogen) atoms. The molecule has 3 rings (SSSR count). The first kappa shape index (κ1) is 17.4. The molecule has 6 nitrogen and oxygen atoms in total. The Kier molecular flexibility index (Phi) is 4.78. The first-order chi connectivity index (χ1) is 11.9. The van der Waals surface area contributed by atoms with Crippen molar-refractivity contribution < 1.29 is 17.9 Å². The van der Waals surface area contributed by atoms with Crippen LogP contribution in [0.1, 0.15) is 11.1 Å². The summed E-state index contributed by atoms with van der Waals surface area (Å²) in [5.74, 6) is 0.302. The summed E-state index contributed by atoms with van der Waals surface area (Å²) < 4.78 is 32.0. The summed E-state index contributed by atoms with van der Waals surface area (Å²) >= 11 is 0. The summed E-state index contributed by atoms with van der Waals surface area (Å²) in [4.78, 5) is 12.7. The summed E-state index contributed by atoms with van der Waals surface area (Å²) in [6, 6.07) is 12.5. The minimum absolute atomic E-state index is 0.151. The molecule has 1 unspecified atom stereocenters. The van der Waals surface area contributed by atoms with Crippen LogP contribution in [0.4, 0.5) is 5.69 Å². The van der Waals surface area contributed by atoms with Crippen molar-refractivity contribution in [3.63, 3.8) is 0 Å². The second-order valence-corrected chi connectivity index (χ2v) is 7.85. The Morgan fingerprint density at radius 2 is 1.96 bits per heavy atom. The average molecular weight is 360 g/mol. The van der Waals surface area contributed by atoms with Crippen molar-refractivity contribution in [3.8, 4) is 5.75 Å². The van der Waals surface area contributed by atoms with E-state index in [9.17, 15) is 13.2 Å². The molecular weight excluding hydrogens is 340 g/mol.